The Balaban J connectivity index is 1.50. The largest absolute Gasteiger partial charge is 0.489 e. The van der Waals surface area contributed by atoms with E-state index in [1.165, 1.54) is 10.2 Å². The molecule has 1 aromatic heterocycles. The molecule has 134 valence electrons. The third-order valence-electron chi connectivity index (χ3n) is 3.98. The van der Waals surface area contributed by atoms with Gasteiger partial charge in [0.1, 0.15) is 16.8 Å². The van der Waals surface area contributed by atoms with Crippen LogP contribution >= 0.6 is 15.9 Å². The molecule has 1 heterocycles. The molecule has 0 bridgehead atoms. The highest BCUT2D eigenvalue weighted by atomic mass is 79.9. The molecule has 0 atom stereocenters. The number of rotatable bonds is 7. The van der Waals surface area contributed by atoms with E-state index in [1.54, 1.807) is 13.2 Å². The van der Waals surface area contributed by atoms with Crippen LogP contribution in [-0.4, -0.2) is 16.3 Å². The van der Waals surface area contributed by atoms with Gasteiger partial charge in [-0.15, -0.1) is 0 Å². The minimum atomic E-state index is -0.157. The highest BCUT2D eigenvalue weighted by molar-refractivity contribution is 9.10. The zero-order chi connectivity index (χ0) is 18.4. The van der Waals surface area contributed by atoms with Crippen molar-refractivity contribution in [2.75, 3.05) is 11.9 Å². The van der Waals surface area contributed by atoms with Crippen LogP contribution in [0.2, 0.25) is 0 Å². The summed E-state index contributed by atoms with van der Waals surface area (Å²) in [4.78, 5) is 11.8. The van der Waals surface area contributed by atoms with Gasteiger partial charge in [-0.25, -0.2) is 4.68 Å². The standard InChI is InChI=1S/C20H20BrN3O2/c1-24-20(25)19(21)18(13-23-24)22-12-11-15-7-9-17(10-8-15)26-14-16-5-3-2-4-6-16/h2-10,13,22H,11-12,14H2,1H3. The Morgan fingerprint density at radius 2 is 1.81 bits per heavy atom. The van der Waals surface area contributed by atoms with Gasteiger partial charge in [0.2, 0.25) is 0 Å². The molecule has 0 saturated heterocycles. The van der Waals surface area contributed by atoms with Crippen molar-refractivity contribution in [1.29, 1.82) is 0 Å². The van der Waals surface area contributed by atoms with Gasteiger partial charge in [-0.1, -0.05) is 42.5 Å². The number of hydrogen-bond acceptors (Lipinski definition) is 4. The summed E-state index contributed by atoms with van der Waals surface area (Å²) in [6.07, 6.45) is 2.48. The van der Waals surface area contributed by atoms with Crippen molar-refractivity contribution in [2.24, 2.45) is 7.05 Å². The first-order valence-corrected chi connectivity index (χ1v) is 9.14. The number of aryl methyl sites for hydroxylation is 1. The van der Waals surface area contributed by atoms with Gasteiger partial charge in [0.05, 0.1) is 11.9 Å². The van der Waals surface area contributed by atoms with E-state index in [1.807, 2.05) is 42.5 Å². The molecule has 26 heavy (non-hydrogen) atoms. The van der Waals surface area contributed by atoms with Gasteiger partial charge in [0.15, 0.2) is 0 Å². The molecular weight excluding hydrogens is 394 g/mol. The topological polar surface area (TPSA) is 56.1 Å². The monoisotopic (exact) mass is 413 g/mol. The second kappa shape index (κ2) is 8.67. The smallest absolute Gasteiger partial charge is 0.282 e. The molecule has 0 aliphatic heterocycles. The maximum absolute atomic E-state index is 11.8. The van der Waals surface area contributed by atoms with E-state index in [9.17, 15) is 4.79 Å². The molecule has 3 aromatic rings. The van der Waals surface area contributed by atoms with Crippen LogP contribution < -0.4 is 15.6 Å². The molecule has 2 aromatic carbocycles. The first kappa shape index (κ1) is 18.2. The maximum atomic E-state index is 11.8. The Labute approximate surface area is 160 Å². The number of anilines is 1. The predicted octanol–water partition coefficient (Wildman–Crippen LogP) is 3.78. The molecule has 0 spiro atoms. The second-order valence-corrected chi connectivity index (χ2v) is 6.69. The summed E-state index contributed by atoms with van der Waals surface area (Å²) < 4.78 is 7.59. The van der Waals surface area contributed by atoms with Gasteiger partial charge in [-0.05, 0) is 45.6 Å². The third-order valence-corrected chi connectivity index (χ3v) is 4.75. The van der Waals surface area contributed by atoms with E-state index in [-0.39, 0.29) is 5.56 Å². The second-order valence-electron chi connectivity index (χ2n) is 5.90. The Kier molecular flexibility index (Phi) is 6.07. The van der Waals surface area contributed by atoms with Crippen LogP contribution in [0.15, 0.2) is 70.1 Å². The van der Waals surface area contributed by atoms with Gasteiger partial charge in [0.25, 0.3) is 5.56 Å². The van der Waals surface area contributed by atoms with Gasteiger partial charge in [-0.2, -0.15) is 5.10 Å². The SMILES string of the molecule is Cn1ncc(NCCc2ccc(OCc3ccccc3)cc2)c(Br)c1=O. The fourth-order valence-electron chi connectivity index (χ4n) is 2.47. The molecule has 1 N–H and O–H groups in total. The van der Waals surface area contributed by atoms with Crippen LogP contribution in [0.1, 0.15) is 11.1 Å². The van der Waals surface area contributed by atoms with Crippen molar-refractivity contribution in [1.82, 2.24) is 9.78 Å². The van der Waals surface area contributed by atoms with Crippen LogP contribution in [0.25, 0.3) is 0 Å². The number of halogens is 1. The Hall–Kier alpha value is -2.60. The van der Waals surface area contributed by atoms with Crippen molar-refractivity contribution in [3.05, 3.63) is 86.7 Å². The van der Waals surface area contributed by atoms with E-state index in [0.29, 0.717) is 23.3 Å². The van der Waals surface area contributed by atoms with Crippen molar-refractivity contribution in [3.63, 3.8) is 0 Å². The molecule has 0 saturated carbocycles. The highest BCUT2D eigenvalue weighted by Gasteiger charge is 2.06. The summed E-state index contributed by atoms with van der Waals surface area (Å²) in [7, 11) is 1.62. The third kappa shape index (κ3) is 4.73. The summed E-state index contributed by atoms with van der Waals surface area (Å²) in [5.74, 6) is 0.851. The van der Waals surface area contributed by atoms with Crippen molar-refractivity contribution in [3.8, 4) is 5.75 Å². The molecule has 0 radical (unpaired) electrons. The first-order valence-electron chi connectivity index (χ1n) is 8.35. The van der Waals surface area contributed by atoms with Gasteiger partial charge >= 0.3 is 0 Å². The minimum absolute atomic E-state index is 0.157. The van der Waals surface area contributed by atoms with Gasteiger partial charge in [0, 0.05) is 13.6 Å². The molecule has 5 nitrogen and oxygen atoms in total. The fraction of sp³-hybridized carbons (Fsp3) is 0.200. The maximum Gasteiger partial charge on any atom is 0.282 e. The van der Waals surface area contributed by atoms with Crippen LogP contribution in [0.3, 0.4) is 0 Å². The lowest BCUT2D eigenvalue weighted by atomic mass is 10.1. The van der Waals surface area contributed by atoms with Crippen molar-refractivity contribution < 1.29 is 4.74 Å². The number of nitrogens with zero attached hydrogens (tertiary/aromatic N) is 2. The molecule has 0 aliphatic carbocycles. The highest BCUT2D eigenvalue weighted by Crippen LogP contribution is 2.17. The Morgan fingerprint density at radius 3 is 2.54 bits per heavy atom. The number of hydrogen-bond donors (Lipinski definition) is 1. The zero-order valence-electron chi connectivity index (χ0n) is 14.5. The summed E-state index contributed by atoms with van der Waals surface area (Å²) in [6.45, 7) is 1.27. The number of ether oxygens (including phenoxy) is 1. The summed E-state index contributed by atoms with van der Waals surface area (Å²) >= 11 is 3.31. The average Bonchev–Trinajstić information content (AvgIpc) is 2.68. The number of benzene rings is 2. The van der Waals surface area contributed by atoms with Crippen molar-refractivity contribution in [2.45, 2.75) is 13.0 Å². The number of nitrogens with one attached hydrogen (secondary N) is 1. The lowest BCUT2D eigenvalue weighted by molar-refractivity contribution is 0.306. The minimum Gasteiger partial charge on any atom is -0.489 e. The molecule has 0 aliphatic rings. The predicted molar refractivity (Wildman–Crippen MR) is 107 cm³/mol. The van der Waals surface area contributed by atoms with Crippen LogP contribution in [-0.2, 0) is 20.1 Å². The quantitative estimate of drug-likeness (QED) is 0.640. The van der Waals surface area contributed by atoms with E-state index in [4.69, 9.17) is 4.74 Å². The Bertz CT molecular complexity index is 909. The van der Waals surface area contributed by atoms with Crippen LogP contribution in [0.5, 0.6) is 5.75 Å². The lowest BCUT2D eigenvalue weighted by Crippen LogP contribution is -2.21. The van der Waals surface area contributed by atoms with E-state index in [0.717, 1.165) is 17.7 Å². The van der Waals surface area contributed by atoms with Crippen LogP contribution in [0.4, 0.5) is 5.69 Å². The van der Waals surface area contributed by atoms with Crippen molar-refractivity contribution >= 4 is 21.6 Å². The van der Waals surface area contributed by atoms with E-state index >= 15 is 0 Å². The molecule has 3 rings (SSSR count). The van der Waals surface area contributed by atoms with Gasteiger partial charge in [-0.3, -0.25) is 4.79 Å². The van der Waals surface area contributed by atoms with Gasteiger partial charge < -0.3 is 10.1 Å². The summed E-state index contributed by atoms with van der Waals surface area (Å²) in [5, 5.41) is 7.25. The molecular formula is C20H20BrN3O2. The first-order chi connectivity index (χ1) is 12.6. The Morgan fingerprint density at radius 1 is 1.08 bits per heavy atom. The molecule has 0 amide bonds. The van der Waals surface area contributed by atoms with E-state index in [2.05, 4.69) is 38.5 Å². The van der Waals surface area contributed by atoms with Crippen LogP contribution in [0, 0.1) is 0 Å². The molecule has 0 fully saturated rings. The molecule has 6 heteroatoms. The zero-order valence-corrected chi connectivity index (χ0v) is 16.1. The van der Waals surface area contributed by atoms with E-state index < -0.39 is 0 Å². The summed E-state index contributed by atoms with van der Waals surface area (Å²) in [5.41, 5.74) is 2.89. The fourth-order valence-corrected chi connectivity index (χ4v) is 2.97. The average molecular weight is 414 g/mol. The summed E-state index contributed by atoms with van der Waals surface area (Å²) in [6, 6.07) is 18.2. The number of aromatic nitrogens is 2. The molecule has 0 unspecified atom stereocenters. The lowest BCUT2D eigenvalue weighted by Gasteiger charge is -2.10. The normalized spacial score (nSPS) is 10.5.